The Hall–Kier alpha value is -2.58. The molecule has 8 heteroatoms. The topological polar surface area (TPSA) is 84.7 Å². The SMILES string of the molecule is O=C(NCCSc1ccccc1)c1ccc(N2CCOCC2)c([N+](=O)[O-])c1. The van der Waals surface area contributed by atoms with Crippen LogP contribution in [0.15, 0.2) is 53.4 Å². The number of rotatable bonds is 7. The molecule has 142 valence electrons. The van der Waals surface area contributed by atoms with Crippen LogP contribution in [0.1, 0.15) is 10.4 Å². The van der Waals surface area contributed by atoms with Crippen molar-refractivity contribution in [3.8, 4) is 0 Å². The number of anilines is 1. The zero-order valence-corrected chi connectivity index (χ0v) is 15.6. The van der Waals surface area contributed by atoms with Crippen molar-refractivity contribution >= 4 is 29.0 Å². The fourth-order valence-corrected chi connectivity index (χ4v) is 3.62. The van der Waals surface area contributed by atoms with E-state index in [1.165, 1.54) is 6.07 Å². The van der Waals surface area contributed by atoms with Gasteiger partial charge in [-0.2, -0.15) is 0 Å². The van der Waals surface area contributed by atoms with Gasteiger partial charge in [-0.1, -0.05) is 18.2 Å². The largest absolute Gasteiger partial charge is 0.378 e. The zero-order chi connectivity index (χ0) is 19.1. The first-order chi connectivity index (χ1) is 13.1. The summed E-state index contributed by atoms with van der Waals surface area (Å²) in [7, 11) is 0. The van der Waals surface area contributed by atoms with Gasteiger partial charge in [-0.25, -0.2) is 0 Å². The Morgan fingerprint density at radius 3 is 2.63 bits per heavy atom. The van der Waals surface area contributed by atoms with Gasteiger partial charge in [-0.15, -0.1) is 11.8 Å². The highest BCUT2D eigenvalue weighted by atomic mass is 32.2. The smallest absolute Gasteiger partial charge is 0.293 e. The highest BCUT2D eigenvalue weighted by Crippen LogP contribution is 2.30. The van der Waals surface area contributed by atoms with E-state index in [1.54, 1.807) is 23.9 Å². The third kappa shape index (κ3) is 5.21. The van der Waals surface area contributed by atoms with E-state index < -0.39 is 4.92 Å². The number of nitro benzene ring substituents is 1. The van der Waals surface area contributed by atoms with Crippen molar-refractivity contribution in [3.05, 3.63) is 64.2 Å². The van der Waals surface area contributed by atoms with Crippen molar-refractivity contribution in [1.29, 1.82) is 0 Å². The summed E-state index contributed by atoms with van der Waals surface area (Å²) in [6.45, 7) is 2.76. The quantitative estimate of drug-likeness (QED) is 0.340. The first kappa shape index (κ1) is 19.2. The maximum Gasteiger partial charge on any atom is 0.293 e. The first-order valence-corrected chi connectivity index (χ1v) is 9.71. The number of morpholine rings is 1. The minimum atomic E-state index is -0.438. The molecule has 0 saturated carbocycles. The van der Waals surface area contributed by atoms with Crippen molar-refractivity contribution < 1.29 is 14.5 Å². The predicted molar refractivity (Wildman–Crippen MR) is 106 cm³/mol. The molecule has 2 aromatic rings. The van der Waals surface area contributed by atoms with E-state index in [-0.39, 0.29) is 11.6 Å². The number of hydrogen-bond donors (Lipinski definition) is 1. The number of carbonyl (C=O) groups is 1. The summed E-state index contributed by atoms with van der Waals surface area (Å²) in [4.78, 5) is 26.4. The van der Waals surface area contributed by atoms with Crippen molar-refractivity contribution in [2.24, 2.45) is 0 Å². The summed E-state index contributed by atoms with van der Waals surface area (Å²) in [5.74, 6) is 0.421. The summed E-state index contributed by atoms with van der Waals surface area (Å²) >= 11 is 1.65. The van der Waals surface area contributed by atoms with E-state index in [4.69, 9.17) is 4.74 Å². The molecule has 1 saturated heterocycles. The number of nitro groups is 1. The number of amides is 1. The predicted octanol–water partition coefficient (Wildman–Crippen LogP) is 2.95. The minimum Gasteiger partial charge on any atom is -0.378 e. The molecule has 1 aliphatic rings. The number of carbonyl (C=O) groups excluding carboxylic acids is 1. The van der Waals surface area contributed by atoms with Crippen LogP contribution in [0.4, 0.5) is 11.4 Å². The Kier molecular flexibility index (Phi) is 6.67. The molecule has 0 aliphatic carbocycles. The molecule has 1 aliphatic heterocycles. The molecule has 0 atom stereocenters. The van der Waals surface area contributed by atoms with E-state index >= 15 is 0 Å². The van der Waals surface area contributed by atoms with Crippen molar-refractivity contribution in [2.45, 2.75) is 4.90 Å². The van der Waals surface area contributed by atoms with Crippen LogP contribution in [-0.4, -0.2) is 49.4 Å². The van der Waals surface area contributed by atoms with Crippen LogP contribution in [0.3, 0.4) is 0 Å². The van der Waals surface area contributed by atoms with Gasteiger partial charge in [0.25, 0.3) is 11.6 Å². The number of ether oxygens (including phenoxy) is 1. The monoisotopic (exact) mass is 387 g/mol. The van der Waals surface area contributed by atoms with Gasteiger partial charge in [-0.05, 0) is 24.3 Å². The van der Waals surface area contributed by atoms with Gasteiger partial charge >= 0.3 is 0 Å². The number of hydrogen-bond acceptors (Lipinski definition) is 6. The van der Waals surface area contributed by atoms with Crippen LogP contribution in [0.25, 0.3) is 0 Å². The fourth-order valence-electron chi connectivity index (χ4n) is 2.83. The van der Waals surface area contributed by atoms with Gasteiger partial charge in [0.2, 0.25) is 0 Å². The molecular weight excluding hydrogens is 366 g/mol. The summed E-state index contributed by atoms with van der Waals surface area (Å²) in [6, 6.07) is 14.6. The molecule has 0 unspecified atom stereocenters. The standard InChI is InChI=1S/C19H21N3O4S/c23-19(20-8-13-27-16-4-2-1-3-5-16)15-6-7-17(18(14-15)22(24)25)21-9-11-26-12-10-21/h1-7,14H,8-13H2,(H,20,23). The van der Waals surface area contributed by atoms with Crippen LogP contribution in [0, 0.1) is 10.1 Å². The average molecular weight is 387 g/mol. The van der Waals surface area contributed by atoms with E-state index in [2.05, 4.69) is 5.32 Å². The molecule has 0 spiro atoms. The lowest BCUT2D eigenvalue weighted by Gasteiger charge is -2.28. The molecule has 0 aromatic heterocycles. The van der Waals surface area contributed by atoms with E-state index in [0.29, 0.717) is 44.1 Å². The van der Waals surface area contributed by atoms with Crippen LogP contribution in [0.2, 0.25) is 0 Å². The van der Waals surface area contributed by atoms with Crippen LogP contribution >= 0.6 is 11.8 Å². The molecular formula is C19H21N3O4S. The zero-order valence-electron chi connectivity index (χ0n) is 14.8. The maximum absolute atomic E-state index is 12.3. The summed E-state index contributed by atoms with van der Waals surface area (Å²) in [5.41, 5.74) is 0.770. The second kappa shape index (κ2) is 9.38. The molecule has 1 fully saturated rings. The van der Waals surface area contributed by atoms with Crippen molar-refractivity contribution in [3.63, 3.8) is 0 Å². The number of thioether (sulfide) groups is 1. The molecule has 1 N–H and O–H groups in total. The Labute approximate surface area is 161 Å². The fraction of sp³-hybridized carbons (Fsp3) is 0.316. The number of benzene rings is 2. The molecule has 7 nitrogen and oxygen atoms in total. The third-order valence-electron chi connectivity index (χ3n) is 4.19. The first-order valence-electron chi connectivity index (χ1n) is 8.72. The van der Waals surface area contributed by atoms with E-state index in [9.17, 15) is 14.9 Å². The molecule has 27 heavy (non-hydrogen) atoms. The average Bonchev–Trinajstić information content (AvgIpc) is 2.72. The van der Waals surface area contributed by atoms with Crippen LogP contribution < -0.4 is 10.2 Å². The lowest BCUT2D eigenvalue weighted by Crippen LogP contribution is -2.36. The molecule has 1 heterocycles. The maximum atomic E-state index is 12.3. The number of nitrogens with zero attached hydrogens (tertiary/aromatic N) is 2. The number of nitrogens with one attached hydrogen (secondary N) is 1. The molecule has 0 radical (unpaired) electrons. The molecule has 1 amide bonds. The van der Waals surface area contributed by atoms with Crippen molar-refractivity contribution in [1.82, 2.24) is 5.32 Å². The summed E-state index contributed by atoms with van der Waals surface area (Å²) in [5, 5.41) is 14.3. The summed E-state index contributed by atoms with van der Waals surface area (Å²) in [6.07, 6.45) is 0. The van der Waals surface area contributed by atoms with Crippen molar-refractivity contribution in [2.75, 3.05) is 43.5 Å². The lowest BCUT2D eigenvalue weighted by atomic mass is 10.1. The molecule has 3 rings (SSSR count). The molecule has 2 aromatic carbocycles. The van der Waals surface area contributed by atoms with Gasteiger partial charge in [0.05, 0.1) is 18.1 Å². The second-order valence-electron chi connectivity index (χ2n) is 5.98. The Morgan fingerprint density at radius 1 is 1.19 bits per heavy atom. The third-order valence-corrected chi connectivity index (χ3v) is 5.20. The molecule has 0 bridgehead atoms. The van der Waals surface area contributed by atoms with E-state index in [0.717, 1.165) is 10.6 Å². The van der Waals surface area contributed by atoms with Crippen LogP contribution in [0.5, 0.6) is 0 Å². The second-order valence-corrected chi connectivity index (χ2v) is 7.15. The van der Waals surface area contributed by atoms with Gasteiger partial charge in [0.1, 0.15) is 5.69 Å². The van der Waals surface area contributed by atoms with Crippen LogP contribution in [-0.2, 0) is 4.74 Å². The highest BCUT2D eigenvalue weighted by molar-refractivity contribution is 7.99. The van der Waals surface area contributed by atoms with Gasteiger partial charge in [-0.3, -0.25) is 14.9 Å². The Balaban J connectivity index is 1.60. The Morgan fingerprint density at radius 2 is 1.93 bits per heavy atom. The van der Waals surface area contributed by atoms with E-state index in [1.807, 2.05) is 35.2 Å². The Bertz CT molecular complexity index is 795. The lowest BCUT2D eigenvalue weighted by molar-refractivity contribution is -0.384. The van der Waals surface area contributed by atoms with Gasteiger partial charge in [0, 0.05) is 41.9 Å². The van der Waals surface area contributed by atoms with Gasteiger partial charge < -0.3 is 15.0 Å². The highest BCUT2D eigenvalue weighted by Gasteiger charge is 2.23. The normalized spacial score (nSPS) is 14.0. The van der Waals surface area contributed by atoms with Gasteiger partial charge in [0.15, 0.2) is 0 Å². The minimum absolute atomic E-state index is 0.0526. The summed E-state index contributed by atoms with van der Waals surface area (Å²) < 4.78 is 5.29.